The molecule has 0 saturated carbocycles. The topological polar surface area (TPSA) is 88.3 Å². The Bertz CT molecular complexity index is 712. The number of nitrogens with one attached hydrogen (secondary N) is 1. The fourth-order valence-electron chi connectivity index (χ4n) is 1.97. The molecular weight excluding hydrogens is 313 g/mol. The van der Waals surface area contributed by atoms with Gasteiger partial charge in [-0.05, 0) is 30.7 Å². The van der Waals surface area contributed by atoms with Gasteiger partial charge in [-0.25, -0.2) is 9.37 Å². The Kier molecular flexibility index (Phi) is 4.89. The Morgan fingerprint density at radius 1 is 1.45 bits per heavy atom. The molecule has 0 aliphatic rings. The second-order valence-corrected chi connectivity index (χ2v) is 5.02. The first-order chi connectivity index (χ1) is 10.4. The van der Waals surface area contributed by atoms with Gasteiger partial charge in [0.1, 0.15) is 17.3 Å². The van der Waals surface area contributed by atoms with Gasteiger partial charge in [0.25, 0.3) is 5.69 Å². The van der Waals surface area contributed by atoms with Crippen molar-refractivity contribution >= 4 is 23.1 Å². The van der Waals surface area contributed by atoms with E-state index >= 15 is 0 Å². The SMILES string of the molecule is Cc1nc(NC(CO)c2ccc(Cl)c(F)c2)ccc1[N+](=O)[O-]. The maximum atomic E-state index is 13.5. The van der Waals surface area contributed by atoms with Gasteiger partial charge in [0.15, 0.2) is 0 Å². The summed E-state index contributed by atoms with van der Waals surface area (Å²) in [7, 11) is 0. The van der Waals surface area contributed by atoms with E-state index in [9.17, 15) is 19.6 Å². The van der Waals surface area contributed by atoms with E-state index in [0.29, 0.717) is 11.4 Å². The Hall–Kier alpha value is -2.25. The number of aryl methyl sites for hydroxylation is 1. The number of aliphatic hydroxyl groups excluding tert-OH is 1. The molecule has 0 aliphatic heterocycles. The molecule has 1 aromatic heterocycles. The smallest absolute Gasteiger partial charge is 0.290 e. The first-order valence-corrected chi connectivity index (χ1v) is 6.74. The molecule has 6 nitrogen and oxygen atoms in total. The molecule has 1 heterocycles. The molecule has 1 atom stereocenters. The van der Waals surface area contributed by atoms with E-state index < -0.39 is 16.8 Å². The number of halogens is 2. The van der Waals surface area contributed by atoms with E-state index in [1.54, 1.807) is 6.07 Å². The van der Waals surface area contributed by atoms with Crippen molar-refractivity contribution in [2.45, 2.75) is 13.0 Å². The molecule has 22 heavy (non-hydrogen) atoms. The molecule has 0 radical (unpaired) electrons. The molecule has 0 fully saturated rings. The number of aliphatic hydroxyl groups is 1. The van der Waals surface area contributed by atoms with Crippen molar-refractivity contribution in [3.05, 3.63) is 62.5 Å². The van der Waals surface area contributed by atoms with Gasteiger partial charge in [0, 0.05) is 6.07 Å². The highest BCUT2D eigenvalue weighted by Gasteiger charge is 2.16. The molecule has 2 rings (SSSR count). The second-order valence-electron chi connectivity index (χ2n) is 4.61. The lowest BCUT2D eigenvalue weighted by molar-refractivity contribution is -0.385. The fraction of sp³-hybridized carbons (Fsp3) is 0.214. The third-order valence-electron chi connectivity index (χ3n) is 3.11. The van der Waals surface area contributed by atoms with Crippen LogP contribution in [-0.4, -0.2) is 21.6 Å². The monoisotopic (exact) mass is 325 g/mol. The summed E-state index contributed by atoms with van der Waals surface area (Å²) in [6, 6.07) is 6.33. The van der Waals surface area contributed by atoms with Gasteiger partial charge in [-0.15, -0.1) is 0 Å². The van der Waals surface area contributed by atoms with Gasteiger partial charge in [-0.3, -0.25) is 10.1 Å². The summed E-state index contributed by atoms with van der Waals surface area (Å²) in [4.78, 5) is 14.3. The highest BCUT2D eigenvalue weighted by Crippen LogP contribution is 2.24. The summed E-state index contributed by atoms with van der Waals surface area (Å²) < 4.78 is 13.5. The summed E-state index contributed by atoms with van der Waals surface area (Å²) in [5, 5.41) is 23.1. The minimum absolute atomic E-state index is 0.00950. The van der Waals surface area contributed by atoms with E-state index in [1.807, 2.05) is 0 Å². The number of pyridine rings is 1. The highest BCUT2D eigenvalue weighted by molar-refractivity contribution is 6.30. The molecule has 116 valence electrons. The molecule has 2 N–H and O–H groups in total. The Morgan fingerprint density at radius 3 is 2.73 bits per heavy atom. The van der Waals surface area contributed by atoms with Crippen LogP contribution in [0.25, 0.3) is 0 Å². The second kappa shape index (κ2) is 6.67. The largest absolute Gasteiger partial charge is 0.394 e. The Morgan fingerprint density at radius 2 is 2.18 bits per heavy atom. The van der Waals surface area contributed by atoms with Crippen molar-refractivity contribution in [3.8, 4) is 0 Å². The minimum Gasteiger partial charge on any atom is -0.394 e. The van der Waals surface area contributed by atoms with Crippen LogP contribution in [0.2, 0.25) is 5.02 Å². The van der Waals surface area contributed by atoms with Crippen LogP contribution >= 0.6 is 11.6 Å². The maximum absolute atomic E-state index is 13.5. The third-order valence-corrected chi connectivity index (χ3v) is 3.41. The summed E-state index contributed by atoms with van der Waals surface area (Å²) in [6.07, 6.45) is 0. The van der Waals surface area contributed by atoms with Gasteiger partial charge < -0.3 is 10.4 Å². The number of hydrogen-bond acceptors (Lipinski definition) is 5. The third kappa shape index (κ3) is 3.49. The Balaban J connectivity index is 2.25. The van der Waals surface area contributed by atoms with Crippen molar-refractivity contribution in [2.24, 2.45) is 0 Å². The molecule has 0 amide bonds. The normalized spacial score (nSPS) is 12.0. The first kappa shape index (κ1) is 16.1. The lowest BCUT2D eigenvalue weighted by Crippen LogP contribution is -2.16. The molecule has 2 aromatic rings. The maximum Gasteiger partial charge on any atom is 0.290 e. The van der Waals surface area contributed by atoms with Gasteiger partial charge in [-0.2, -0.15) is 0 Å². The van der Waals surface area contributed by atoms with Gasteiger partial charge in [-0.1, -0.05) is 17.7 Å². The predicted molar refractivity (Wildman–Crippen MR) is 80.5 cm³/mol. The molecule has 0 aliphatic carbocycles. The number of anilines is 1. The molecular formula is C14H13ClFN3O3. The number of aromatic nitrogens is 1. The van der Waals surface area contributed by atoms with Crippen molar-refractivity contribution in [3.63, 3.8) is 0 Å². The van der Waals surface area contributed by atoms with Crippen LogP contribution in [0, 0.1) is 22.9 Å². The van der Waals surface area contributed by atoms with Crippen LogP contribution in [0.15, 0.2) is 30.3 Å². The van der Waals surface area contributed by atoms with Gasteiger partial charge in [0.05, 0.1) is 22.6 Å². The summed E-state index contributed by atoms with van der Waals surface area (Å²) in [6.45, 7) is 1.21. The fourth-order valence-corrected chi connectivity index (χ4v) is 2.09. The summed E-state index contributed by atoms with van der Waals surface area (Å²) >= 11 is 5.62. The van der Waals surface area contributed by atoms with Gasteiger partial charge >= 0.3 is 0 Å². The summed E-state index contributed by atoms with van der Waals surface area (Å²) in [5.41, 5.74) is 0.639. The Labute approximate surface area is 130 Å². The van der Waals surface area contributed by atoms with Crippen molar-refractivity contribution < 1.29 is 14.4 Å². The van der Waals surface area contributed by atoms with Crippen molar-refractivity contribution in [1.29, 1.82) is 0 Å². The lowest BCUT2D eigenvalue weighted by atomic mass is 10.1. The van der Waals surface area contributed by atoms with Gasteiger partial charge in [0.2, 0.25) is 0 Å². The lowest BCUT2D eigenvalue weighted by Gasteiger charge is -2.18. The van der Waals surface area contributed by atoms with E-state index in [-0.39, 0.29) is 23.0 Å². The highest BCUT2D eigenvalue weighted by atomic mass is 35.5. The first-order valence-electron chi connectivity index (χ1n) is 6.36. The zero-order valence-electron chi connectivity index (χ0n) is 11.6. The zero-order valence-corrected chi connectivity index (χ0v) is 12.3. The van der Waals surface area contributed by atoms with Crippen LogP contribution in [0.1, 0.15) is 17.3 Å². The molecule has 1 unspecified atom stereocenters. The van der Waals surface area contributed by atoms with Crippen molar-refractivity contribution in [1.82, 2.24) is 4.98 Å². The number of nitro groups is 1. The zero-order chi connectivity index (χ0) is 16.3. The van der Waals surface area contributed by atoms with Crippen LogP contribution in [0.3, 0.4) is 0 Å². The molecule has 0 saturated heterocycles. The average molecular weight is 326 g/mol. The van der Waals surface area contributed by atoms with E-state index in [4.69, 9.17) is 11.6 Å². The molecule has 0 bridgehead atoms. The van der Waals surface area contributed by atoms with Crippen LogP contribution in [0.4, 0.5) is 15.9 Å². The number of hydrogen-bond donors (Lipinski definition) is 2. The summed E-state index contributed by atoms with van der Waals surface area (Å²) in [5.74, 6) is -0.246. The van der Waals surface area contributed by atoms with Crippen LogP contribution in [-0.2, 0) is 0 Å². The number of rotatable bonds is 5. The number of nitrogens with zero attached hydrogens (tertiary/aromatic N) is 2. The standard InChI is InChI=1S/C14H13ClFN3O3/c1-8-13(19(21)22)4-5-14(17-8)18-12(7-20)9-2-3-10(15)11(16)6-9/h2-6,12,20H,7H2,1H3,(H,17,18). The molecule has 0 spiro atoms. The quantitative estimate of drug-likeness (QED) is 0.651. The average Bonchev–Trinajstić information content (AvgIpc) is 2.47. The minimum atomic E-state index is -0.611. The van der Waals surface area contributed by atoms with E-state index in [2.05, 4.69) is 10.3 Å². The van der Waals surface area contributed by atoms with Crippen LogP contribution < -0.4 is 5.32 Å². The molecule has 1 aromatic carbocycles. The van der Waals surface area contributed by atoms with Crippen molar-refractivity contribution in [2.75, 3.05) is 11.9 Å². The van der Waals surface area contributed by atoms with Crippen LogP contribution in [0.5, 0.6) is 0 Å². The number of benzene rings is 1. The molecule has 8 heteroatoms. The predicted octanol–water partition coefficient (Wildman–Crippen LogP) is 3.24. The van der Waals surface area contributed by atoms with E-state index in [0.717, 1.165) is 0 Å². The van der Waals surface area contributed by atoms with E-state index in [1.165, 1.54) is 31.2 Å².